The van der Waals surface area contributed by atoms with Crippen molar-refractivity contribution in [3.63, 3.8) is 0 Å². The summed E-state index contributed by atoms with van der Waals surface area (Å²) < 4.78 is 76.9. The highest BCUT2D eigenvalue weighted by atomic mass is 32.2. The summed E-state index contributed by atoms with van der Waals surface area (Å²) in [6, 6.07) is 0. The predicted octanol–water partition coefficient (Wildman–Crippen LogP) is 1.47. The minimum atomic E-state index is -5.15. The summed E-state index contributed by atoms with van der Waals surface area (Å²) in [5.41, 5.74) is -5.15. The van der Waals surface area contributed by atoms with Crippen LogP contribution in [0.4, 0.5) is 22.0 Å². The van der Waals surface area contributed by atoms with Crippen molar-refractivity contribution in [2.24, 2.45) is 0 Å². The fourth-order valence-corrected chi connectivity index (χ4v) is 0.872. The van der Waals surface area contributed by atoms with Crippen LogP contribution in [0.25, 0.3) is 0 Å². The van der Waals surface area contributed by atoms with Crippen molar-refractivity contribution >= 4 is 11.1 Å². The van der Waals surface area contributed by atoms with Crippen molar-refractivity contribution in [1.29, 1.82) is 0 Å². The van der Waals surface area contributed by atoms with Crippen LogP contribution in [-0.4, -0.2) is 36.0 Å². The van der Waals surface area contributed by atoms with Crippen LogP contribution in [0.2, 0.25) is 0 Å². The van der Waals surface area contributed by atoms with E-state index in [0.29, 0.717) is 0 Å². The summed E-state index contributed by atoms with van der Waals surface area (Å²) >= 11 is -3.72. The van der Waals surface area contributed by atoms with Crippen molar-refractivity contribution in [2.75, 3.05) is 20.3 Å². The van der Waals surface area contributed by atoms with Crippen molar-refractivity contribution in [3.8, 4) is 0 Å². The van der Waals surface area contributed by atoms with Crippen molar-refractivity contribution in [2.45, 2.75) is 11.4 Å². The molecule has 3 nitrogen and oxygen atoms in total. The van der Waals surface area contributed by atoms with E-state index in [9.17, 15) is 26.2 Å². The number of halogens is 5. The molecular formula is C5H7F5O3S. The first-order chi connectivity index (χ1) is 6.19. The normalized spacial score (nSPS) is 15.6. The molecule has 0 heterocycles. The third-order valence-electron chi connectivity index (χ3n) is 0.922. The molecule has 9 heteroatoms. The first-order valence-corrected chi connectivity index (χ1v) is 4.25. The summed E-state index contributed by atoms with van der Waals surface area (Å²) in [4.78, 5) is 0. The SMILES string of the molecule is COCC(F)(F)COS(=O)C(F)(F)F. The standard InChI is InChI=1S/C5H7F5O3S/c1-12-2-4(6,7)3-13-14(11)5(8,9)10/h2-3H2,1H3. The molecule has 0 aromatic carbocycles. The second-order valence-corrected chi connectivity index (χ2v) is 3.40. The molecule has 0 N–H and O–H groups in total. The molecule has 1 unspecified atom stereocenters. The summed E-state index contributed by atoms with van der Waals surface area (Å²) in [5.74, 6) is -3.59. The molecule has 0 aliphatic heterocycles. The van der Waals surface area contributed by atoms with Gasteiger partial charge in [0.05, 0.1) is 0 Å². The molecule has 0 rings (SSSR count). The summed E-state index contributed by atoms with van der Waals surface area (Å²) in [7, 11) is 0.953. The maximum atomic E-state index is 12.4. The number of ether oxygens (including phenoxy) is 1. The Balaban J connectivity index is 4.00. The minimum absolute atomic E-state index is 0.953. The molecule has 0 saturated heterocycles. The molecule has 0 aliphatic rings. The molecule has 0 bridgehead atoms. The highest BCUT2D eigenvalue weighted by Gasteiger charge is 2.41. The maximum Gasteiger partial charge on any atom is 0.497 e. The Labute approximate surface area is 78.8 Å². The van der Waals surface area contributed by atoms with E-state index in [1.54, 1.807) is 0 Å². The topological polar surface area (TPSA) is 35.5 Å². The van der Waals surface area contributed by atoms with Gasteiger partial charge in [-0.05, 0) is 0 Å². The Morgan fingerprint density at radius 3 is 2.00 bits per heavy atom. The Kier molecular flexibility index (Phi) is 4.89. The smallest absolute Gasteiger partial charge is 0.378 e. The second kappa shape index (κ2) is 4.99. The highest BCUT2D eigenvalue weighted by Crippen LogP contribution is 2.23. The third kappa shape index (κ3) is 5.45. The van der Waals surface area contributed by atoms with Crippen LogP contribution >= 0.6 is 0 Å². The lowest BCUT2D eigenvalue weighted by Crippen LogP contribution is -2.32. The Morgan fingerprint density at radius 1 is 1.14 bits per heavy atom. The number of rotatable bonds is 5. The fraction of sp³-hybridized carbons (Fsp3) is 1.00. The van der Waals surface area contributed by atoms with Crippen LogP contribution in [0.1, 0.15) is 0 Å². The monoisotopic (exact) mass is 242 g/mol. The average molecular weight is 242 g/mol. The van der Waals surface area contributed by atoms with Crippen LogP contribution in [0.5, 0.6) is 0 Å². The van der Waals surface area contributed by atoms with E-state index in [-0.39, 0.29) is 0 Å². The van der Waals surface area contributed by atoms with Crippen LogP contribution in [0.3, 0.4) is 0 Å². The number of hydrogen-bond donors (Lipinski definition) is 0. The van der Waals surface area contributed by atoms with E-state index in [2.05, 4.69) is 8.92 Å². The molecule has 0 aromatic heterocycles. The van der Waals surface area contributed by atoms with Crippen molar-refractivity contribution in [1.82, 2.24) is 0 Å². The van der Waals surface area contributed by atoms with Gasteiger partial charge in [0.2, 0.25) is 0 Å². The molecule has 0 radical (unpaired) electrons. The van der Waals surface area contributed by atoms with Gasteiger partial charge in [0.1, 0.15) is 13.2 Å². The molecule has 0 saturated carbocycles. The predicted molar refractivity (Wildman–Crippen MR) is 37.0 cm³/mol. The number of hydrogen-bond acceptors (Lipinski definition) is 3. The van der Waals surface area contributed by atoms with Gasteiger partial charge in [-0.15, -0.1) is 0 Å². The largest absolute Gasteiger partial charge is 0.497 e. The first kappa shape index (κ1) is 13.7. The maximum absolute atomic E-state index is 12.4. The van der Waals surface area contributed by atoms with Crippen LogP contribution < -0.4 is 0 Å². The van der Waals surface area contributed by atoms with E-state index in [4.69, 9.17) is 0 Å². The van der Waals surface area contributed by atoms with E-state index in [1.807, 2.05) is 0 Å². The van der Waals surface area contributed by atoms with Gasteiger partial charge in [-0.2, -0.15) is 13.2 Å². The first-order valence-electron chi connectivity index (χ1n) is 3.18. The van der Waals surface area contributed by atoms with Crippen molar-refractivity contribution in [3.05, 3.63) is 0 Å². The second-order valence-electron chi connectivity index (χ2n) is 2.23. The summed E-state index contributed by atoms with van der Waals surface area (Å²) in [5, 5.41) is 0. The van der Waals surface area contributed by atoms with Crippen LogP contribution in [0.15, 0.2) is 0 Å². The average Bonchev–Trinajstić information content (AvgIpc) is 1.98. The minimum Gasteiger partial charge on any atom is -0.378 e. The summed E-state index contributed by atoms with van der Waals surface area (Å²) in [6.45, 7) is -2.70. The van der Waals surface area contributed by atoms with Gasteiger partial charge >= 0.3 is 5.51 Å². The molecule has 1 atom stereocenters. The van der Waals surface area contributed by atoms with E-state index < -0.39 is 35.7 Å². The van der Waals surface area contributed by atoms with Gasteiger partial charge in [-0.1, -0.05) is 0 Å². The molecular weight excluding hydrogens is 235 g/mol. The van der Waals surface area contributed by atoms with E-state index in [0.717, 1.165) is 7.11 Å². The zero-order chi connectivity index (χ0) is 11.4. The van der Waals surface area contributed by atoms with Gasteiger partial charge < -0.3 is 4.74 Å². The molecule has 0 aromatic rings. The number of methoxy groups -OCH3 is 1. The Bertz CT molecular complexity index is 204. The molecule has 0 aliphatic carbocycles. The lowest BCUT2D eigenvalue weighted by atomic mass is 10.4. The molecule has 0 fully saturated rings. The highest BCUT2D eigenvalue weighted by molar-refractivity contribution is 7.81. The molecule has 0 amide bonds. The quantitative estimate of drug-likeness (QED) is 0.685. The van der Waals surface area contributed by atoms with Gasteiger partial charge in [-0.25, -0.2) is 13.0 Å². The molecule has 0 spiro atoms. The van der Waals surface area contributed by atoms with Crippen molar-refractivity contribution < 1.29 is 35.1 Å². The van der Waals surface area contributed by atoms with Crippen LogP contribution in [0, 0.1) is 0 Å². The third-order valence-corrected chi connectivity index (χ3v) is 1.63. The van der Waals surface area contributed by atoms with Gasteiger partial charge in [0.15, 0.2) is 0 Å². The Morgan fingerprint density at radius 2 is 1.64 bits per heavy atom. The van der Waals surface area contributed by atoms with Gasteiger partial charge in [0.25, 0.3) is 17.0 Å². The van der Waals surface area contributed by atoms with Crippen LogP contribution in [-0.2, 0) is 20.0 Å². The fourth-order valence-electron chi connectivity index (χ4n) is 0.459. The zero-order valence-corrected chi connectivity index (χ0v) is 7.75. The zero-order valence-electron chi connectivity index (χ0n) is 6.94. The van der Waals surface area contributed by atoms with E-state index in [1.165, 1.54) is 0 Å². The van der Waals surface area contributed by atoms with Gasteiger partial charge in [0, 0.05) is 7.11 Å². The lowest BCUT2D eigenvalue weighted by Gasteiger charge is -2.14. The summed E-state index contributed by atoms with van der Waals surface area (Å²) in [6.07, 6.45) is 0. The van der Waals surface area contributed by atoms with Gasteiger partial charge in [-0.3, -0.25) is 4.18 Å². The molecule has 14 heavy (non-hydrogen) atoms. The lowest BCUT2D eigenvalue weighted by molar-refractivity contribution is -0.0963. The Hall–Kier alpha value is -0.280. The van der Waals surface area contributed by atoms with E-state index >= 15 is 0 Å². The molecule has 86 valence electrons. The number of alkyl halides is 5.